The fourth-order valence-corrected chi connectivity index (χ4v) is 2.97. The number of Topliss-reactive ketones (excluding diaryl/α,β-unsaturated/α-hetero) is 1. The van der Waals surface area contributed by atoms with E-state index in [-0.39, 0.29) is 17.4 Å². The van der Waals surface area contributed by atoms with Crippen molar-refractivity contribution in [3.05, 3.63) is 100 Å². The molecular weight excluding hydrogens is 367 g/mol. The number of halogens is 2. The number of hydrogen-bond donors (Lipinski definition) is 0. The van der Waals surface area contributed by atoms with Crippen molar-refractivity contribution in [1.82, 2.24) is 0 Å². The summed E-state index contributed by atoms with van der Waals surface area (Å²) in [6.07, 6.45) is 1.52. The molecule has 3 aromatic carbocycles. The Labute approximate surface area is 160 Å². The van der Waals surface area contributed by atoms with E-state index in [0.29, 0.717) is 34.3 Å². The fraction of sp³-hybridized carbons (Fsp3) is 0.0455. The smallest absolute Gasteiger partial charge is 0.231 e. The minimum atomic E-state index is -0.373. The van der Waals surface area contributed by atoms with Gasteiger partial charge in [-0.05, 0) is 42.0 Å². The number of ether oxygens (including phenoxy) is 2. The van der Waals surface area contributed by atoms with Gasteiger partial charge in [-0.2, -0.15) is 0 Å². The van der Waals surface area contributed by atoms with E-state index in [0.717, 1.165) is 5.56 Å². The molecule has 0 aromatic heterocycles. The van der Waals surface area contributed by atoms with Gasteiger partial charge in [0.05, 0.1) is 5.56 Å². The summed E-state index contributed by atoms with van der Waals surface area (Å²) in [5.74, 6) is 0.515. The number of allylic oxidation sites excluding steroid dienone is 1. The Morgan fingerprint density at radius 1 is 1.04 bits per heavy atom. The molecule has 1 aliphatic rings. The number of benzene rings is 3. The van der Waals surface area contributed by atoms with E-state index in [1.807, 2.05) is 18.2 Å². The Bertz CT molecular complexity index is 1060. The van der Waals surface area contributed by atoms with Gasteiger partial charge in [0.1, 0.15) is 23.9 Å². The first-order valence-corrected chi connectivity index (χ1v) is 8.68. The van der Waals surface area contributed by atoms with E-state index in [9.17, 15) is 9.18 Å². The maximum atomic E-state index is 13.3. The van der Waals surface area contributed by atoms with E-state index < -0.39 is 0 Å². The largest absolute Gasteiger partial charge is 0.489 e. The number of carbonyl (C=O) groups excluding carboxylic acids is 1. The molecule has 0 fully saturated rings. The van der Waals surface area contributed by atoms with Gasteiger partial charge in [-0.25, -0.2) is 4.39 Å². The van der Waals surface area contributed by atoms with Gasteiger partial charge in [0, 0.05) is 16.7 Å². The van der Waals surface area contributed by atoms with Crippen LogP contribution >= 0.6 is 11.6 Å². The number of carbonyl (C=O) groups is 1. The summed E-state index contributed by atoms with van der Waals surface area (Å²) in [6, 6.07) is 18.4. The standard InChI is InChI=1S/C22H14ClFO3/c23-19-7-2-1-5-15(19)13-26-17-8-9-18-20(12-17)27-21(22(18)25)11-14-4-3-6-16(24)10-14/h1-12H,13H2/b21-11-. The lowest BCUT2D eigenvalue weighted by Gasteiger charge is -2.08. The van der Waals surface area contributed by atoms with Crippen LogP contribution in [0.1, 0.15) is 21.5 Å². The van der Waals surface area contributed by atoms with Crippen molar-refractivity contribution in [2.24, 2.45) is 0 Å². The van der Waals surface area contributed by atoms with Gasteiger partial charge in [-0.3, -0.25) is 4.79 Å². The number of fused-ring (bicyclic) bond motifs is 1. The Morgan fingerprint density at radius 3 is 2.70 bits per heavy atom. The van der Waals surface area contributed by atoms with E-state index in [4.69, 9.17) is 21.1 Å². The third kappa shape index (κ3) is 3.71. The lowest BCUT2D eigenvalue weighted by molar-refractivity contribution is 0.101. The van der Waals surface area contributed by atoms with Gasteiger partial charge < -0.3 is 9.47 Å². The third-order valence-corrected chi connectivity index (χ3v) is 4.51. The molecule has 0 spiro atoms. The van der Waals surface area contributed by atoms with Crippen LogP contribution in [-0.2, 0) is 6.61 Å². The van der Waals surface area contributed by atoms with Gasteiger partial charge in [0.15, 0.2) is 5.76 Å². The Kier molecular flexibility index (Phi) is 4.65. The maximum absolute atomic E-state index is 13.3. The summed E-state index contributed by atoms with van der Waals surface area (Å²) in [4.78, 5) is 12.5. The molecule has 3 aromatic rings. The fourth-order valence-electron chi connectivity index (χ4n) is 2.78. The average Bonchev–Trinajstić information content (AvgIpc) is 2.96. The molecule has 27 heavy (non-hydrogen) atoms. The third-order valence-electron chi connectivity index (χ3n) is 4.14. The van der Waals surface area contributed by atoms with E-state index in [2.05, 4.69) is 0 Å². The van der Waals surface area contributed by atoms with Crippen LogP contribution in [0, 0.1) is 5.82 Å². The Hall–Kier alpha value is -3.11. The second-order valence-corrected chi connectivity index (χ2v) is 6.44. The molecule has 4 rings (SSSR count). The molecule has 0 unspecified atom stereocenters. The van der Waals surface area contributed by atoms with Crippen LogP contribution in [0.2, 0.25) is 5.02 Å². The molecule has 0 atom stereocenters. The van der Waals surface area contributed by atoms with Crippen LogP contribution in [0.15, 0.2) is 72.5 Å². The normalized spacial score (nSPS) is 14.1. The van der Waals surface area contributed by atoms with Crippen molar-refractivity contribution in [3.8, 4) is 11.5 Å². The highest BCUT2D eigenvalue weighted by Crippen LogP contribution is 2.35. The van der Waals surface area contributed by atoms with Crippen molar-refractivity contribution >= 4 is 23.5 Å². The van der Waals surface area contributed by atoms with E-state index in [1.165, 1.54) is 18.2 Å². The van der Waals surface area contributed by atoms with E-state index in [1.54, 1.807) is 36.4 Å². The molecule has 0 saturated heterocycles. The molecule has 0 saturated carbocycles. The monoisotopic (exact) mass is 380 g/mol. The topological polar surface area (TPSA) is 35.5 Å². The zero-order chi connectivity index (χ0) is 18.8. The summed E-state index contributed by atoms with van der Waals surface area (Å²) in [5, 5.41) is 0.630. The second kappa shape index (κ2) is 7.25. The minimum Gasteiger partial charge on any atom is -0.489 e. The van der Waals surface area contributed by atoms with Crippen molar-refractivity contribution in [2.75, 3.05) is 0 Å². The van der Waals surface area contributed by atoms with E-state index >= 15 is 0 Å². The van der Waals surface area contributed by atoms with Crippen LogP contribution < -0.4 is 9.47 Å². The van der Waals surface area contributed by atoms with Gasteiger partial charge in [0.25, 0.3) is 0 Å². The summed E-state index contributed by atoms with van der Waals surface area (Å²) in [7, 11) is 0. The first-order valence-electron chi connectivity index (χ1n) is 8.30. The molecule has 134 valence electrons. The molecule has 0 amide bonds. The zero-order valence-corrected chi connectivity index (χ0v) is 14.9. The Morgan fingerprint density at radius 2 is 1.89 bits per heavy atom. The lowest BCUT2D eigenvalue weighted by atomic mass is 10.1. The summed E-state index contributed by atoms with van der Waals surface area (Å²) in [5.41, 5.74) is 1.87. The molecule has 0 N–H and O–H groups in total. The average molecular weight is 381 g/mol. The van der Waals surface area contributed by atoms with Crippen LogP contribution in [0.25, 0.3) is 6.08 Å². The molecule has 3 nitrogen and oxygen atoms in total. The first-order chi connectivity index (χ1) is 13.1. The molecule has 1 heterocycles. The SMILES string of the molecule is O=C1/C(=C/c2cccc(F)c2)Oc2cc(OCc3ccccc3Cl)ccc21. The molecule has 5 heteroatoms. The van der Waals surface area contributed by atoms with Crippen LogP contribution in [0.5, 0.6) is 11.5 Å². The minimum absolute atomic E-state index is 0.152. The second-order valence-electron chi connectivity index (χ2n) is 6.03. The van der Waals surface area contributed by atoms with Gasteiger partial charge >= 0.3 is 0 Å². The highest BCUT2D eigenvalue weighted by atomic mass is 35.5. The summed E-state index contributed by atoms with van der Waals surface area (Å²) < 4.78 is 24.7. The van der Waals surface area contributed by atoms with Gasteiger partial charge in [0.2, 0.25) is 5.78 Å². The van der Waals surface area contributed by atoms with Crippen molar-refractivity contribution in [2.45, 2.75) is 6.61 Å². The summed E-state index contributed by atoms with van der Waals surface area (Å²) >= 11 is 6.13. The maximum Gasteiger partial charge on any atom is 0.231 e. The number of hydrogen-bond acceptors (Lipinski definition) is 3. The lowest BCUT2D eigenvalue weighted by Crippen LogP contribution is -1.98. The first kappa shape index (κ1) is 17.3. The van der Waals surface area contributed by atoms with Crippen LogP contribution in [0.4, 0.5) is 4.39 Å². The molecule has 1 aliphatic heterocycles. The van der Waals surface area contributed by atoms with Gasteiger partial charge in [-0.15, -0.1) is 0 Å². The van der Waals surface area contributed by atoms with Gasteiger partial charge in [-0.1, -0.05) is 41.9 Å². The predicted molar refractivity (Wildman–Crippen MR) is 102 cm³/mol. The highest BCUT2D eigenvalue weighted by molar-refractivity contribution is 6.31. The quantitative estimate of drug-likeness (QED) is 0.547. The number of ketones is 1. The Balaban J connectivity index is 1.53. The van der Waals surface area contributed by atoms with Crippen molar-refractivity contribution in [3.63, 3.8) is 0 Å². The zero-order valence-electron chi connectivity index (χ0n) is 14.1. The number of rotatable bonds is 4. The van der Waals surface area contributed by atoms with Crippen molar-refractivity contribution in [1.29, 1.82) is 0 Å². The predicted octanol–water partition coefficient (Wildman–Crippen LogP) is 5.67. The van der Waals surface area contributed by atoms with Crippen molar-refractivity contribution < 1.29 is 18.7 Å². The van der Waals surface area contributed by atoms with Crippen LogP contribution in [0.3, 0.4) is 0 Å². The highest BCUT2D eigenvalue weighted by Gasteiger charge is 2.27. The summed E-state index contributed by atoms with van der Waals surface area (Å²) in [6.45, 7) is 0.304. The molecule has 0 bridgehead atoms. The molecule has 0 aliphatic carbocycles. The molecule has 0 radical (unpaired) electrons. The molecular formula is C22H14ClFO3. The van der Waals surface area contributed by atoms with Crippen LogP contribution in [-0.4, -0.2) is 5.78 Å².